The summed E-state index contributed by atoms with van der Waals surface area (Å²) in [7, 11) is 0. The number of nitrogens with zero attached hydrogens (tertiary/aromatic N) is 2. The molecule has 3 N–H and O–H groups in total. The molecule has 1 fully saturated rings. The molecular formula is C11H17FN4O2. The van der Waals surface area contributed by atoms with Crippen LogP contribution in [0.4, 0.5) is 16.2 Å². The van der Waals surface area contributed by atoms with E-state index in [-0.39, 0.29) is 19.0 Å². The summed E-state index contributed by atoms with van der Waals surface area (Å²) in [4.78, 5) is 7.80. The minimum atomic E-state index is -0.949. The summed E-state index contributed by atoms with van der Waals surface area (Å²) in [5, 5.41) is 15.7. The summed E-state index contributed by atoms with van der Waals surface area (Å²) in [5.41, 5.74) is -0.949. The first-order valence-electron chi connectivity index (χ1n) is 5.93. The Labute approximate surface area is 105 Å². The van der Waals surface area contributed by atoms with Gasteiger partial charge >= 0.3 is 0 Å². The highest BCUT2D eigenvalue weighted by Gasteiger charge is 2.32. The van der Waals surface area contributed by atoms with E-state index in [4.69, 9.17) is 4.74 Å². The molecule has 0 spiro atoms. The average molecular weight is 256 g/mol. The molecule has 0 aliphatic carbocycles. The monoisotopic (exact) mass is 256 g/mol. The van der Waals surface area contributed by atoms with Gasteiger partial charge < -0.3 is 20.5 Å². The number of aliphatic hydroxyl groups is 1. The van der Waals surface area contributed by atoms with Crippen LogP contribution < -0.4 is 10.6 Å². The van der Waals surface area contributed by atoms with Gasteiger partial charge in [-0.3, -0.25) is 0 Å². The first kappa shape index (κ1) is 13.0. The minimum absolute atomic E-state index is 0.0845. The van der Waals surface area contributed by atoms with Gasteiger partial charge in [0.1, 0.15) is 5.60 Å². The van der Waals surface area contributed by atoms with E-state index in [9.17, 15) is 9.50 Å². The lowest BCUT2D eigenvalue weighted by atomic mass is 10.0. The molecule has 6 nitrogen and oxygen atoms in total. The van der Waals surface area contributed by atoms with Crippen molar-refractivity contribution < 1.29 is 14.2 Å². The van der Waals surface area contributed by atoms with Crippen LogP contribution >= 0.6 is 0 Å². The third-order valence-electron chi connectivity index (χ3n) is 2.75. The summed E-state index contributed by atoms with van der Waals surface area (Å²) >= 11 is 0. The molecule has 1 saturated heterocycles. The molecule has 1 aliphatic heterocycles. The van der Waals surface area contributed by atoms with Gasteiger partial charge in [0.05, 0.1) is 12.8 Å². The highest BCUT2D eigenvalue weighted by atomic mass is 19.1. The predicted molar refractivity (Wildman–Crippen MR) is 65.0 cm³/mol. The van der Waals surface area contributed by atoms with E-state index < -0.39 is 11.4 Å². The van der Waals surface area contributed by atoms with Gasteiger partial charge in [-0.25, -0.2) is 9.37 Å². The molecule has 7 heteroatoms. The maximum Gasteiger partial charge on any atom is 0.224 e. The molecular weight excluding hydrogens is 239 g/mol. The molecule has 0 bridgehead atoms. The van der Waals surface area contributed by atoms with E-state index in [1.807, 2.05) is 6.92 Å². The summed E-state index contributed by atoms with van der Waals surface area (Å²) in [5.74, 6) is -0.100. The van der Waals surface area contributed by atoms with E-state index in [2.05, 4.69) is 20.6 Å². The van der Waals surface area contributed by atoms with Crippen molar-refractivity contribution >= 4 is 11.8 Å². The zero-order valence-corrected chi connectivity index (χ0v) is 10.2. The molecule has 100 valence electrons. The van der Waals surface area contributed by atoms with Crippen LogP contribution in [0.25, 0.3) is 0 Å². The fraction of sp³-hybridized carbons (Fsp3) is 0.636. The number of ether oxygens (including phenoxy) is 1. The number of nitrogens with one attached hydrogen (secondary N) is 2. The molecule has 1 atom stereocenters. The zero-order valence-electron chi connectivity index (χ0n) is 10.2. The van der Waals surface area contributed by atoms with Crippen LogP contribution in [0.3, 0.4) is 0 Å². The highest BCUT2D eigenvalue weighted by molar-refractivity contribution is 5.41. The van der Waals surface area contributed by atoms with Gasteiger partial charge in [0.2, 0.25) is 5.95 Å². The summed E-state index contributed by atoms with van der Waals surface area (Å²) in [6, 6.07) is 0. The van der Waals surface area contributed by atoms with Gasteiger partial charge in [-0.1, -0.05) is 0 Å². The number of rotatable bonds is 5. The standard InChI is InChI=1S/C11H17FN4O2/c1-2-13-10-14-5-8(12)9(16-10)15-6-11(17)3-4-18-7-11/h5,17H,2-4,6-7H2,1H3,(H2,13,14,15,16). The molecule has 2 rings (SSSR count). The van der Waals surface area contributed by atoms with Crippen LogP contribution in [0.15, 0.2) is 6.20 Å². The fourth-order valence-corrected chi connectivity index (χ4v) is 1.72. The van der Waals surface area contributed by atoms with E-state index in [1.54, 1.807) is 0 Å². The Balaban J connectivity index is 2.01. The second kappa shape index (κ2) is 5.45. The molecule has 1 aromatic heterocycles. The molecule has 0 amide bonds. The SMILES string of the molecule is CCNc1ncc(F)c(NCC2(O)CCOC2)n1. The van der Waals surface area contributed by atoms with Crippen LogP contribution in [0.5, 0.6) is 0 Å². The second-order valence-electron chi connectivity index (χ2n) is 4.30. The van der Waals surface area contributed by atoms with Gasteiger partial charge in [0.25, 0.3) is 0 Å². The Morgan fingerprint density at radius 2 is 2.39 bits per heavy atom. The Bertz CT molecular complexity index is 410. The van der Waals surface area contributed by atoms with Crippen LogP contribution in [0, 0.1) is 5.82 Å². The lowest BCUT2D eigenvalue weighted by Crippen LogP contribution is -2.37. The fourth-order valence-electron chi connectivity index (χ4n) is 1.72. The molecule has 1 aromatic rings. The van der Waals surface area contributed by atoms with Crippen molar-refractivity contribution in [2.45, 2.75) is 18.9 Å². The Morgan fingerprint density at radius 3 is 3.06 bits per heavy atom. The van der Waals surface area contributed by atoms with Crippen LogP contribution in [0.1, 0.15) is 13.3 Å². The quantitative estimate of drug-likeness (QED) is 0.716. The van der Waals surface area contributed by atoms with Crippen molar-refractivity contribution in [1.82, 2.24) is 9.97 Å². The van der Waals surface area contributed by atoms with Gasteiger partial charge in [-0.15, -0.1) is 0 Å². The predicted octanol–water partition coefficient (Wildman–Crippen LogP) is 0.611. The molecule has 1 unspecified atom stereocenters. The van der Waals surface area contributed by atoms with Crippen molar-refractivity contribution in [3.8, 4) is 0 Å². The van der Waals surface area contributed by atoms with Gasteiger partial charge in [0, 0.05) is 26.1 Å². The summed E-state index contributed by atoms with van der Waals surface area (Å²) in [6.07, 6.45) is 1.63. The second-order valence-corrected chi connectivity index (χ2v) is 4.30. The van der Waals surface area contributed by atoms with Crippen molar-refractivity contribution in [3.63, 3.8) is 0 Å². The zero-order chi connectivity index (χ0) is 13.0. The third-order valence-corrected chi connectivity index (χ3v) is 2.75. The highest BCUT2D eigenvalue weighted by Crippen LogP contribution is 2.20. The Kier molecular flexibility index (Phi) is 3.93. The molecule has 0 aromatic carbocycles. The normalized spacial score (nSPS) is 23.1. The first-order chi connectivity index (χ1) is 8.63. The van der Waals surface area contributed by atoms with E-state index in [0.717, 1.165) is 6.20 Å². The van der Waals surface area contributed by atoms with E-state index in [0.29, 0.717) is 25.5 Å². The van der Waals surface area contributed by atoms with Crippen molar-refractivity contribution in [3.05, 3.63) is 12.0 Å². The van der Waals surface area contributed by atoms with Gasteiger partial charge in [0.15, 0.2) is 11.6 Å². The number of hydrogen-bond acceptors (Lipinski definition) is 6. The summed E-state index contributed by atoms with van der Waals surface area (Å²) in [6.45, 7) is 3.54. The lowest BCUT2D eigenvalue weighted by Gasteiger charge is -2.21. The van der Waals surface area contributed by atoms with Crippen LogP contribution in [0.2, 0.25) is 0 Å². The van der Waals surface area contributed by atoms with Crippen molar-refractivity contribution in [2.24, 2.45) is 0 Å². The Morgan fingerprint density at radius 1 is 1.56 bits per heavy atom. The van der Waals surface area contributed by atoms with E-state index >= 15 is 0 Å². The molecule has 1 aliphatic rings. The maximum atomic E-state index is 13.5. The van der Waals surface area contributed by atoms with Crippen LogP contribution in [-0.4, -0.2) is 47.0 Å². The molecule has 18 heavy (non-hydrogen) atoms. The number of anilines is 2. The van der Waals surface area contributed by atoms with E-state index in [1.165, 1.54) is 0 Å². The smallest absolute Gasteiger partial charge is 0.224 e. The van der Waals surface area contributed by atoms with Gasteiger partial charge in [-0.05, 0) is 6.92 Å². The average Bonchev–Trinajstić information content (AvgIpc) is 2.78. The van der Waals surface area contributed by atoms with Gasteiger partial charge in [-0.2, -0.15) is 4.98 Å². The molecule has 0 radical (unpaired) electrons. The topological polar surface area (TPSA) is 79.3 Å². The van der Waals surface area contributed by atoms with Crippen LogP contribution in [-0.2, 0) is 4.74 Å². The Hall–Kier alpha value is -1.47. The van der Waals surface area contributed by atoms with Crippen molar-refractivity contribution in [2.75, 3.05) is 36.9 Å². The first-order valence-corrected chi connectivity index (χ1v) is 5.93. The maximum absolute atomic E-state index is 13.5. The third kappa shape index (κ3) is 3.05. The number of halogens is 1. The largest absolute Gasteiger partial charge is 0.386 e. The number of aromatic nitrogens is 2. The van der Waals surface area contributed by atoms with Crippen molar-refractivity contribution in [1.29, 1.82) is 0 Å². The summed E-state index contributed by atoms with van der Waals surface area (Å²) < 4.78 is 18.6. The molecule has 0 saturated carbocycles. The number of hydrogen-bond donors (Lipinski definition) is 3. The minimum Gasteiger partial charge on any atom is -0.386 e. The molecule has 2 heterocycles. The lowest BCUT2D eigenvalue weighted by molar-refractivity contribution is 0.0381.